The van der Waals surface area contributed by atoms with Gasteiger partial charge in [-0.2, -0.15) is 0 Å². The first-order valence-corrected chi connectivity index (χ1v) is 4.89. The largest absolute Gasteiger partial charge is 0.379 e. The molecule has 1 N–H and O–H groups in total. The van der Waals surface area contributed by atoms with Crippen molar-refractivity contribution in [2.24, 2.45) is 0 Å². The summed E-state index contributed by atoms with van der Waals surface area (Å²) in [4.78, 5) is 0. The molecule has 0 amide bonds. The van der Waals surface area contributed by atoms with Crippen molar-refractivity contribution in [2.45, 2.75) is 20.5 Å². The lowest BCUT2D eigenvalue weighted by molar-refractivity contribution is 0.772. The third kappa shape index (κ3) is 1.63. The lowest BCUT2D eigenvalue weighted by atomic mass is 10.2. The van der Waals surface area contributed by atoms with Gasteiger partial charge in [-0.25, -0.2) is 0 Å². The summed E-state index contributed by atoms with van der Waals surface area (Å²) in [5.41, 5.74) is 3.97. The number of para-hydroxylation sites is 1. The van der Waals surface area contributed by atoms with Gasteiger partial charge in [0.25, 0.3) is 0 Å². The topological polar surface area (TPSA) is 17.0 Å². The standard InChI is InChI=1S/C12H12N2.CH4/c1-2-6-12-10(4-1)9-14-7-3-5-11(14)8-13-12;/h1-7,13H,8-9H2;1H4. The number of rotatable bonds is 0. The van der Waals surface area contributed by atoms with Crippen LogP contribution >= 0.6 is 0 Å². The highest BCUT2D eigenvalue weighted by atomic mass is 15.0. The highest BCUT2D eigenvalue weighted by Crippen LogP contribution is 2.21. The van der Waals surface area contributed by atoms with Gasteiger partial charge in [0.15, 0.2) is 0 Å². The first-order chi connectivity index (χ1) is 6.93. The lowest BCUT2D eigenvalue weighted by Gasteiger charge is -2.05. The van der Waals surface area contributed by atoms with Gasteiger partial charge in [-0.3, -0.25) is 0 Å². The molecule has 0 atom stereocenters. The Balaban J connectivity index is 0.000000853. The van der Waals surface area contributed by atoms with Gasteiger partial charge in [0.1, 0.15) is 0 Å². The third-order valence-electron chi connectivity index (χ3n) is 2.74. The summed E-state index contributed by atoms with van der Waals surface area (Å²) >= 11 is 0. The van der Waals surface area contributed by atoms with E-state index in [0.717, 1.165) is 13.1 Å². The van der Waals surface area contributed by atoms with Crippen molar-refractivity contribution >= 4 is 5.69 Å². The molecule has 1 aliphatic heterocycles. The molecule has 78 valence electrons. The summed E-state index contributed by atoms with van der Waals surface area (Å²) < 4.78 is 2.29. The second-order valence-corrected chi connectivity index (χ2v) is 3.64. The highest BCUT2D eigenvalue weighted by Gasteiger charge is 2.09. The van der Waals surface area contributed by atoms with Crippen molar-refractivity contribution in [3.63, 3.8) is 0 Å². The Morgan fingerprint density at radius 2 is 1.93 bits per heavy atom. The van der Waals surface area contributed by atoms with Gasteiger partial charge in [-0.15, -0.1) is 0 Å². The minimum absolute atomic E-state index is 0. The Kier molecular flexibility index (Phi) is 2.50. The Morgan fingerprint density at radius 1 is 1.07 bits per heavy atom. The van der Waals surface area contributed by atoms with Gasteiger partial charge in [-0.05, 0) is 23.8 Å². The van der Waals surface area contributed by atoms with Crippen molar-refractivity contribution in [3.05, 3.63) is 53.9 Å². The first kappa shape index (κ1) is 9.84. The van der Waals surface area contributed by atoms with E-state index in [1.165, 1.54) is 16.9 Å². The van der Waals surface area contributed by atoms with Crippen LogP contribution in [0.25, 0.3) is 0 Å². The summed E-state index contributed by atoms with van der Waals surface area (Å²) in [6.07, 6.45) is 2.14. The zero-order valence-corrected chi connectivity index (χ0v) is 7.90. The molecule has 2 heteroatoms. The van der Waals surface area contributed by atoms with Crippen LogP contribution in [0, 0.1) is 0 Å². The molecule has 0 unspecified atom stereocenters. The van der Waals surface area contributed by atoms with Crippen LogP contribution < -0.4 is 5.32 Å². The molecular weight excluding hydrogens is 184 g/mol. The molecule has 0 radical (unpaired) electrons. The van der Waals surface area contributed by atoms with Crippen LogP contribution in [0.2, 0.25) is 0 Å². The maximum absolute atomic E-state index is 3.45. The zero-order chi connectivity index (χ0) is 9.38. The quantitative estimate of drug-likeness (QED) is 0.691. The maximum atomic E-state index is 3.45. The first-order valence-electron chi connectivity index (χ1n) is 4.89. The van der Waals surface area contributed by atoms with Gasteiger partial charge in [0.05, 0.1) is 6.54 Å². The molecule has 2 nitrogen and oxygen atoms in total. The summed E-state index contributed by atoms with van der Waals surface area (Å²) in [6, 6.07) is 12.8. The van der Waals surface area contributed by atoms with E-state index in [0.29, 0.717) is 0 Å². The lowest BCUT2D eigenvalue weighted by Crippen LogP contribution is -2.00. The van der Waals surface area contributed by atoms with Crippen molar-refractivity contribution in [3.8, 4) is 0 Å². The second kappa shape index (κ2) is 3.81. The average molecular weight is 200 g/mol. The highest BCUT2D eigenvalue weighted by molar-refractivity contribution is 5.52. The number of anilines is 1. The number of aromatic nitrogens is 1. The fraction of sp³-hybridized carbons (Fsp3) is 0.231. The Labute approximate surface area is 90.6 Å². The van der Waals surface area contributed by atoms with E-state index in [9.17, 15) is 0 Å². The molecule has 0 fully saturated rings. The number of nitrogens with zero attached hydrogens (tertiary/aromatic N) is 1. The van der Waals surface area contributed by atoms with E-state index in [1.807, 2.05) is 0 Å². The van der Waals surface area contributed by atoms with E-state index in [4.69, 9.17) is 0 Å². The number of nitrogens with one attached hydrogen (secondary N) is 1. The van der Waals surface area contributed by atoms with Crippen LogP contribution in [-0.2, 0) is 13.1 Å². The summed E-state index contributed by atoms with van der Waals surface area (Å²) in [5.74, 6) is 0. The molecule has 0 saturated heterocycles. The summed E-state index contributed by atoms with van der Waals surface area (Å²) in [6.45, 7) is 1.90. The van der Waals surface area contributed by atoms with E-state index in [-0.39, 0.29) is 7.43 Å². The van der Waals surface area contributed by atoms with Crippen LogP contribution in [0.3, 0.4) is 0 Å². The fourth-order valence-electron chi connectivity index (χ4n) is 1.96. The van der Waals surface area contributed by atoms with E-state index >= 15 is 0 Å². The molecule has 2 aromatic rings. The Morgan fingerprint density at radius 3 is 2.87 bits per heavy atom. The molecule has 2 heterocycles. The Hall–Kier alpha value is -1.70. The van der Waals surface area contributed by atoms with Gasteiger partial charge in [0.2, 0.25) is 0 Å². The predicted molar refractivity (Wildman–Crippen MR) is 64.0 cm³/mol. The average Bonchev–Trinajstić information content (AvgIpc) is 2.58. The van der Waals surface area contributed by atoms with Gasteiger partial charge >= 0.3 is 0 Å². The maximum Gasteiger partial charge on any atom is 0.0553 e. The molecule has 0 bridgehead atoms. The molecule has 0 aliphatic carbocycles. The molecule has 15 heavy (non-hydrogen) atoms. The molecule has 1 aromatic heterocycles. The van der Waals surface area contributed by atoms with Crippen molar-refractivity contribution < 1.29 is 0 Å². The van der Waals surface area contributed by atoms with Gasteiger partial charge in [0, 0.05) is 24.1 Å². The van der Waals surface area contributed by atoms with Crippen LogP contribution in [0.15, 0.2) is 42.6 Å². The minimum atomic E-state index is 0. The fourth-order valence-corrected chi connectivity index (χ4v) is 1.96. The number of hydrogen-bond acceptors (Lipinski definition) is 1. The summed E-state index contributed by atoms with van der Waals surface area (Å²) in [7, 11) is 0. The molecule has 1 aliphatic rings. The van der Waals surface area contributed by atoms with Crippen LogP contribution in [0.4, 0.5) is 5.69 Å². The van der Waals surface area contributed by atoms with Crippen molar-refractivity contribution in [1.29, 1.82) is 0 Å². The number of fused-ring (bicyclic) bond motifs is 2. The third-order valence-corrected chi connectivity index (χ3v) is 2.74. The SMILES string of the molecule is C.c1ccc2c(c1)Cn1cccc1CN2. The van der Waals surface area contributed by atoms with Crippen LogP contribution in [0.5, 0.6) is 0 Å². The summed E-state index contributed by atoms with van der Waals surface area (Å²) in [5, 5.41) is 3.45. The molecule has 0 spiro atoms. The van der Waals surface area contributed by atoms with Crippen LogP contribution in [0.1, 0.15) is 18.7 Å². The normalized spacial score (nSPS) is 12.8. The molecule has 3 rings (SSSR count). The monoisotopic (exact) mass is 200 g/mol. The number of benzene rings is 1. The predicted octanol–water partition coefficient (Wildman–Crippen LogP) is 3.10. The van der Waals surface area contributed by atoms with Gasteiger partial charge < -0.3 is 9.88 Å². The van der Waals surface area contributed by atoms with E-state index in [2.05, 4.69) is 52.5 Å². The van der Waals surface area contributed by atoms with Crippen molar-refractivity contribution in [2.75, 3.05) is 5.32 Å². The second-order valence-electron chi connectivity index (χ2n) is 3.64. The number of hydrogen-bond donors (Lipinski definition) is 1. The molecular formula is C13H16N2. The van der Waals surface area contributed by atoms with Crippen LogP contribution in [-0.4, -0.2) is 4.57 Å². The molecule has 0 saturated carbocycles. The molecule has 1 aromatic carbocycles. The zero-order valence-electron chi connectivity index (χ0n) is 7.90. The van der Waals surface area contributed by atoms with Gasteiger partial charge in [-0.1, -0.05) is 25.6 Å². The van der Waals surface area contributed by atoms with E-state index < -0.39 is 0 Å². The van der Waals surface area contributed by atoms with E-state index in [1.54, 1.807) is 0 Å². The minimum Gasteiger partial charge on any atom is -0.379 e. The Bertz CT molecular complexity index is 457. The van der Waals surface area contributed by atoms with Crippen molar-refractivity contribution in [1.82, 2.24) is 4.57 Å². The smallest absolute Gasteiger partial charge is 0.0553 e.